The maximum absolute atomic E-state index is 12.1. The van der Waals surface area contributed by atoms with Gasteiger partial charge in [-0.1, -0.05) is 0 Å². The van der Waals surface area contributed by atoms with Crippen LogP contribution in [0.2, 0.25) is 0 Å². The number of anilines is 1. The lowest BCUT2D eigenvalue weighted by atomic mass is 10.3. The molecule has 4 N–H and O–H groups in total. The van der Waals surface area contributed by atoms with Crippen molar-refractivity contribution in [2.24, 2.45) is 10.8 Å². The Morgan fingerprint density at radius 2 is 2.14 bits per heavy atom. The number of nitrogens with one attached hydrogen (secondary N) is 2. The Labute approximate surface area is 138 Å². The highest BCUT2D eigenvalue weighted by molar-refractivity contribution is 14.1. The van der Waals surface area contributed by atoms with Gasteiger partial charge in [-0.2, -0.15) is 10.4 Å². The summed E-state index contributed by atoms with van der Waals surface area (Å²) in [4.78, 5) is 0. The average molecular weight is 476 g/mol. The first-order chi connectivity index (χ1) is 9.64. The zero-order valence-electron chi connectivity index (χ0n) is 9.92. The van der Waals surface area contributed by atoms with Crippen molar-refractivity contribution in [2.75, 3.05) is 5.43 Å². The first-order valence-corrected chi connectivity index (χ1v) is 6.84. The van der Waals surface area contributed by atoms with Gasteiger partial charge < -0.3 is 10.5 Å². The van der Waals surface area contributed by atoms with Gasteiger partial charge >= 0.3 is 6.36 Å². The fraction of sp³-hybridized carbons (Fsp3) is 0.100. The molecule has 0 fully saturated rings. The number of hydrazone groups is 1. The number of nitriles is 1. The average Bonchev–Trinajstić information content (AvgIpc) is 2.30. The van der Waals surface area contributed by atoms with Crippen molar-refractivity contribution < 1.29 is 17.9 Å². The maximum atomic E-state index is 12.1. The van der Waals surface area contributed by atoms with Gasteiger partial charge in [0.15, 0.2) is 5.84 Å². The van der Waals surface area contributed by atoms with Crippen LogP contribution in [0, 0.1) is 20.3 Å². The monoisotopic (exact) mass is 475 g/mol. The van der Waals surface area contributed by atoms with Crippen molar-refractivity contribution >= 4 is 55.8 Å². The van der Waals surface area contributed by atoms with Crippen LogP contribution in [0.15, 0.2) is 21.7 Å². The third-order valence-corrected chi connectivity index (χ3v) is 3.37. The van der Waals surface area contributed by atoms with Gasteiger partial charge in [0.05, 0.1) is 5.69 Å². The van der Waals surface area contributed by atoms with E-state index in [1.54, 1.807) is 28.7 Å². The van der Waals surface area contributed by atoms with Gasteiger partial charge in [-0.3, -0.25) is 10.8 Å². The lowest BCUT2D eigenvalue weighted by Gasteiger charge is -2.12. The molecule has 0 aliphatic rings. The number of ether oxygens (including phenoxy) is 1. The summed E-state index contributed by atoms with van der Waals surface area (Å²) in [5.41, 5.74) is 7.52. The molecule has 0 bridgehead atoms. The number of nitrogens with zero attached hydrogens (tertiary/aromatic N) is 2. The normalized spacial score (nSPS) is 11.7. The maximum Gasteiger partial charge on any atom is 0.573 e. The second-order valence-corrected chi connectivity index (χ2v) is 5.42. The van der Waals surface area contributed by atoms with E-state index < -0.39 is 17.9 Å². The molecule has 0 aromatic heterocycles. The highest BCUT2D eigenvalue weighted by Crippen LogP contribution is 2.34. The number of hydrogen-bond acceptors (Lipinski definition) is 5. The van der Waals surface area contributed by atoms with Crippen LogP contribution in [0.3, 0.4) is 0 Å². The summed E-state index contributed by atoms with van der Waals surface area (Å²) >= 11 is 4.83. The quantitative estimate of drug-likeness (QED) is 0.269. The van der Waals surface area contributed by atoms with Crippen molar-refractivity contribution in [1.82, 2.24) is 0 Å². The van der Waals surface area contributed by atoms with Gasteiger partial charge in [0, 0.05) is 8.04 Å². The van der Waals surface area contributed by atoms with Gasteiger partial charge in [0.2, 0.25) is 5.71 Å². The topological polar surface area (TPSA) is 107 Å². The fourth-order valence-corrected chi connectivity index (χ4v) is 2.72. The van der Waals surface area contributed by atoms with Crippen molar-refractivity contribution in [2.45, 2.75) is 6.36 Å². The van der Waals surface area contributed by atoms with E-state index in [0.29, 0.717) is 9.26 Å². The Hall–Kier alpha value is -1.55. The van der Waals surface area contributed by atoms with Crippen LogP contribution in [0.25, 0.3) is 0 Å². The van der Waals surface area contributed by atoms with E-state index >= 15 is 0 Å². The lowest BCUT2D eigenvalue weighted by Crippen LogP contribution is -2.22. The van der Waals surface area contributed by atoms with E-state index in [4.69, 9.17) is 16.4 Å². The van der Waals surface area contributed by atoms with Crippen molar-refractivity contribution in [1.29, 1.82) is 10.7 Å². The van der Waals surface area contributed by atoms with Crippen molar-refractivity contribution in [3.8, 4) is 11.8 Å². The van der Waals surface area contributed by atoms with Crippen LogP contribution in [0.1, 0.15) is 0 Å². The molecule has 0 aliphatic carbocycles. The van der Waals surface area contributed by atoms with Gasteiger partial charge in [-0.05, 0) is 50.7 Å². The van der Waals surface area contributed by atoms with Crippen LogP contribution < -0.4 is 15.9 Å². The van der Waals surface area contributed by atoms with Crippen LogP contribution in [0.4, 0.5) is 18.9 Å². The molecule has 0 heterocycles. The third-order valence-electron chi connectivity index (χ3n) is 1.89. The molecule has 0 unspecified atom stereocenters. The molecular weight excluding hydrogens is 470 g/mol. The number of hydrogen-bond donors (Lipinski definition) is 3. The molecule has 6 nitrogen and oxygen atoms in total. The van der Waals surface area contributed by atoms with Crippen molar-refractivity contribution in [3.05, 3.63) is 20.2 Å². The largest absolute Gasteiger partial charge is 0.573 e. The molecule has 112 valence electrons. The number of rotatable bonds is 4. The summed E-state index contributed by atoms with van der Waals surface area (Å²) in [6.45, 7) is 0. The number of amidine groups is 1. The number of benzene rings is 1. The van der Waals surface area contributed by atoms with Gasteiger partial charge in [-0.15, -0.1) is 13.2 Å². The minimum atomic E-state index is -4.79. The van der Waals surface area contributed by atoms with Crippen molar-refractivity contribution in [3.63, 3.8) is 0 Å². The molecule has 1 aromatic carbocycles. The zero-order valence-corrected chi connectivity index (χ0v) is 13.7. The zero-order chi connectivity index (χ0) is 16.2. The highest BCUT2D eigenvalue weighted by atomic mass is 127. The number of nitrogens with two attached hydrogens (primary N) is 1. The smallest absolute Gasteiger partial charge is 0.406 e. The molecule has 0 spiro atoms. The van der Waals surface area contributed by atoms with Crippen LogP contribution in [-0.4, -0.2) is 17.9 Å². The standard InChI is InChI=1S/C10H6BrF3IN5O/c11-5-1-4(21-10(12,13)14)2-6(15)8(5)20-19-7(3-16)9(17)18/h1-2,20H,(H3,17,18)/b19-7+. The summed E-state index contributed by atoms with van der Waals surface area (Å²) in [5, 5.41) is 19.4. The van der Waals surface area contributed by atoms with Gasteiger partial charge in [-0.25, -0.2) is 0 Å². The predicted molar refractivity (Wildman–Crippen MR) is 82.1 cm³/mol. The summed E-state index contributed by atoms with van der Waals surface area (Å²) in [6, 6.07) is 3.83. The first kappa shape index (κ1) is 17.5. The molecule has 11 heteroatoms. The van der Waals surface area contributed by atoms with E-state index in [0.717, 1.165) is 12.1 Å². The molecule has 0 saturated carbocycles. The summed E-state index contributed by atoms with van der Waals surface area (Å²) in [5.74, 6) is -0.937. The molecule has 1 rings (SSSR count). The van der Waals surface area contributed by atoms with Crippen LogP contribution in [-0.2, 0) is 0 Å². The fourth-order valence-electron chi connectivity index (χ4n) is 1.11. The molecule has 0 saturated heterocycles. The Balaban J connectivity index is 3.07. The summed E-state index contributed by atoms with van der Waals surface area (Å²) in [7, 11) is 0. The minimum absolute atomic E-state index is 0.234. The van der Waals surface area contributed by atoms with Crippen LogP contribution in [0.5, 0.6) is 5.75 Å². The van der Waals surface area contributed by atoms with E-state index in [-0.39, 0.29) is 10.2 Å². The number of halogens is 5. The first-order valence-electron chi connectivity index (χ1n) is 4.97. The molecule has 0 atom stereocenters. The highest BCUT2D eigenvalue weighted by Gasteiger charge is 2.31. The molecule has 0 radical (unpaired) electrons. The second kappa shape index (κ2) is 6.94. The van der Waals surface area contributed by atoms with Gasteiger partial charge in [0.1, 0.15) is 11.8 Å². The molecule has 0 amide bonds. The Morgan fingerprint density at radius 3 is 2.57 bits per heavy atom. The molecule has 0 aliphatic heterocycles. The predicted octanol–water partition coefficient (Wildman–Crippen LogP) is 3.18. The Bertz CT molecular complexity index is 618. The molecule has 21 heavy (non-hydrogen) atoms. The minimum Gasteiger partial charge on any atom is -0.406 e. The number of alkyl halides is 3. The van der Waals surface area contributed by atoms with E-state index in [9.17, 15) is 13.2 Å². The van der Waals surface area contributed by atoms with Crippen LogP contribution >= 0.6 is 38.5 Å². The third kappa shape index (κ3) is 5.38. The van der Waals surface area contributed by atoms with Gasteiger partial charge in [0.25, 0.3) is 0 Å². The van der Waals surface area contributed by atoms with E-state index in [1.165, 1.54) is 0 Å². The molecule has 1 aromatic rings. The Kier molecular flexibility index (Phi) is 5.78. The SMILES string of the molecule is N#C/C(=N\Nc1c(Br)cc(OC(F)(F)F)cc1I)C(=N)N. The van der Waals surface area contributed by atoms with E-state index in [2.05, 4.69) is 31.2 Å². The molecular formula is C10H6BrF3IN5O. The lowest BCUT2D eigenvalue weighted by molar-refractivity contribution is -0.274. The summed E-state index contributed by atoms with van der Waals surface area (Å²) < 4.78 is 40.8. The summed E-state index contributed by atoms with van der Waals surface area (Å²) in [6.07, 6.45) is -4.79. The Morgan fingerprint density at radius 1 is 1.52 bits per heavy atom. The van der Waals surface area contributed by atoms with E-state index in [1.807, 2.05) is 0 Å². The second-order valence-electron chi connectivity index (χ2n) is 3.41.